The zero-order chi connectivity index (χ0) is 46.7. The molecule has 0 radical (unpaired) electrons. The highest BCUT2D eigenvalue weighted by Gasteiger charge is 2.48. The number of carbonyl (C=O) groups excluding carboxylic acids is 4. The number of anilines is 2. The van der Waals surface area contributed by atoms with Crippen molar-refractivity contribution in [2.24, 2.45) is 0 Å². The molecule has 0 aliphatic carbocycles. The highest BCUT2D eigenvalue weighted by atomic mass is 33.1. The fourth-order valence-corrected chi connectivity index (χ4v) is 9.77. The number of unbranched alkanes of at least 4 members (excludes halogenated alkanes) is 2. The second-order valence-corrected chi connectivity index (χ2v) is 18.2. The van der Waals surface area contributed by atoms with E-state index in [1.54, 1.807) is 0 Å². The molecule has 0 unspecified atom stereocenters. The van der Waals surface area contributed by atoms with Gasteiger partial charge in [0, 0.05) is 36.5 Å². The van der Waals surface area contributed by atoms with E-state index in [1.165, 1.54) is 82.0 Å². The van der Waals surface area contributed by atoms with Crippen LogP contribution in [0.5, 0.6) is 23.0 Å². The third kappa shape index (κ3) is 9.64. The van der Waals surface area contributed by atoms with Gasteiger partial charge in [-0.15, -0.1) is 0 Å². The number of carboxylic acid groups (broad SMARTS) is 1. The van der Waals surface area contributed by atoms with Gasteiger partial charge in [0.1, 0.15) is 23.9 Å². The fourth-order valence-electron chi connectivity index (χ4n) is 7.91. The Kier molecular flexibility index (Phi) is 14.1. The third-order valence-electron chi connectivity index (χ3n) is 11.1. The second-order valence-electron chi connectivity index (χ2n) is 15.6. The van der Waals surface area contributed by atoms with Gasteiger partial charge in [0.05, 0.1) is 60.9 Å². The first kappa shape index (κ1) is 46.5. The molecule has 5 heterocycles. The number of pyridine rings is 1. The molecule has 5 amide bonds. The quantitative estimate of drug-likeness (QED) is 0.0526. The zero-order valence-electron chi connectivity index (χ0n) is 35.6. The van der Waals surface area contributed by atoms with Crippen LogP contribution in [0.15, 0.2) is 71.9 Å². The number of aromatic nitrogens is 1. The number of methoxy groups -OCH3 is 2. The number of imide groups is 1. The summed E-state index contributed by atoms with van der Waals surface area (Å²) in [6, 6.07) is 6.70. The standard InChI is InChI=1S/C43H46N6O14S2/c1-23-13-31-40(52)47(42(54)55)29-17-35(33(59-4)15-27(29)38(50)45(31)20-23)61-11-7-6-8-12-62-36-18-30-28(16-34(36)60-5)39(51)46-21-24(2)14-32(46)41(53)48(30)43(56)63-22-25(3)64-65-37-10-9-26(19-44-37)49(57)58/h9-10,15-19,25,31-32,41,53H,1-2,6-8,11-14,20-22H2,3-5H3,(H,54,55)/t25-,31+,32+,41+/m1/s1. The van der Waals surface area contributed by atoms with Crippen LogP contribution in [-0.4, -0.2) is 131 Å². The highest BCUT2D eigenvalue weighted by Crippen LogP contribution is 2.43. The van der Waals surface area contributed by atoms with Crippen molar-refractivity contribution in [3.05, 3.63) is 88.1 Å². The number of fused-ring (bicyclic) bond motifs is 4. The van der Waals surface area contributed by atoms with Crippen molar-refractivity contribution in [1.29, 1.82) is 0 Å². The van der Waals surface area contributed by atoms with E-state index in [-0.39, 0.29) is 102 Å². The maximum atomic E-state index is 14.0. The number of hydrogen-bond donors (Lipinski definition) is 2. The fraction of sp³-hybridized carbons (Fsp3) is 0.395. The minimum absolute atomic E-state index is 0.0164. The number of aliphatic hydroxyl groups excluding tert-OH is 1. The van der Waals surface area contributed by atoms with Gasteiger partial charge in [0.25, 0.3) is 23.4 Å². The third-order valence-corrected chi connectivity index (χ3v) is 13.8. The maximum Gasteiger partial charge on any atom is 0.418 e. The van der Waals surface area contributed by atoms with E-state index in [0.717, 1.165) is 11.1 Å². The summed E-state index contributed by atoms with van der Waals surface area (Å²) < 4.78 is 29.0. The molecule has 2 aromatic carbocycles. The summed E-state index contributed by atoms with van der Waals surface area (Å²) in [4.78, 5) is 86.1. The Bertz CT molecular complexity index is 2440. The molecule has 3 aromatic rings. The molecular formula is C43H46N6O14S2. The molecule has 0 bridgehead atoms. The Morgan fingerprint density at radius 1 is 0.892 bits per heavy atom. The Labute approximate surface area is 380 Å². The molecule has 4 atom stereocenters. The predicted octanol–water partition coefficient (Wildman–Crippen LogP) is 6.31. The molecule has 2 saturated heterocycles. The van der Waals surface area contributed by atoms with E-state index in [9.17, 15) is 44.3 Å². The number of ether oxygens (including phenoxy) is 5. The molecule has 4 aliphatic rings. The SMILES string of the molecule is C=C1C[C@H]2C(=O)N(C(=O)O)c3cc(OCCCCCOc4cc5c(cc4OC)C(=O)N4CC(=C)C[C@H]4[C@H](O)N5C(=O)OC[C@@H](C)SSc4ccc([N+](=O)[O-])cn4)c(OC)cc3C(=O)N2C1. The Morgan fingerprint density at radius 2 is 1.49 bits per heavy atom. The van der Waals surface area contributed by atoms with Crippen LogP contribution in [-0.2, 0) is 9.53 Å². The summed E-state index contributed by atoms with van der Waals surface area (Å²) in [5.74, 6) is -0.970. The lowest BCUT2D eigenvalue weighted by Gasteiger charge is -2.31. The lowest BCUT2D eigenvalue weighted by Crippen LogP contribution is -2.51. The first-order valence-electron chi connectivity index (χ1n) is 20.4. The van der Waals surface area contributed by atoms with Crippen molar-refractivity contribution in [2.75, 3.05) is 56.9 Å². The van der Waals surface area contributed by atoms with Crippen molar-refractivity contribution in [3.63, 3.8) is 0 Å². The second kappa shape index (κ2) is 19.7. The molecule has 0 saturated carbocycles. The number of rotatable bonds is 16. The summed E-state index contributed by atoms with van der Waals surface area (Å²) in [6.07, 6.45) is -0.761. The molecule has 65 heavy (non-hydrogen) atoms. The summed E-state index contributed by atoms with van der Waals surface area (Å²) in [7, 11) is 5.38. The van der Waals surface area contributed by atoms with Gasteiger partial charge in [-0.3, -0.25) is 24.5 Å². The minimum Gasteiger partial charge on any atom is -0.493 e. The van der Waals surface area contributed by atoms with E-state index in [2.05, 4.69) is 18.1 Å². The number of benzene rings is 2. The van der Waals surface area contributed by atoms with Gasteiger partial charge in [0.2, 0.25) is 0 Å². The van der Waals surface area contributed by atoms with Gasteiger partial charge in [0.15, 0.2) is 29.2 Å². The van der Waals surface area contributed by atoms with E-state index < -0.39 is 53.1 Å². The minimum atomic E-state index is -1.54. The van der Waals surface area contributed by atoms with Crippen LogP contribution in [0.1, 0.15) is 59.7 Å². The summed E-state index contributed by atoms with van der Waals surface area (Å²) in [5.41, 5.74) is 1.22. The van der Waals surface area contributed by atoms with Crippen molar-refractivity contribution < 1.29 is 62.8 Å². The van der Waals surface area contributed by atoms with Gasteiger partial charge >= 0.3 is 12.2 Å². The predicted molar refractivity (Wildman–Crippen MR) is 237 cm³/mol. The number of hydrogen-bond acceptors (Lipinski definition) is 16. The molecule has 1 aromatic heterocycles. The van der Waals surface area contributed by atoms with Crippen LogP contribution in [0.3, 0.4) is 0 Å². The average Bonchev–Trinajstić information content (AvgIpc) is 3.85. The van der Waals surface area contributed by atoms with E-state index in [1.807, 2.05) is 6.92 Å². The average molecular weight is 935 g/mol. The number of nitro groups is 1. The lowest BCUT2D eigenvalue weighted by atomic mass is 10.1. The molecule has 4 aliphatic heterocycles. The summed E-state index contributed by atoms with van der Waals surface area (Å²) in [6.45, 7) is 10.3. The summed E-state index contributed by atoms with van der Waals surface area (Å²) >= 11 is 0. The molecule has 2 N–H and O–H groups in total. The smallest absolute Gasteiger partial charge is 0.418 e. The Balaban J connectivity index is 0.996. The van der Waals surface area contributed by atoms with Crippen LogP contribution in [0.4, 0.5) is 26.7 Å². The van der Waals surface area contributed by atoms with E-state index >= 15 is 0 Å². The van der Waals surface area contributed by atoms with Crippen LogP contribution >= 0.6 is 21.6 Å². The van der Waals surface area contributed by atoms with Gasteiger partial charge in [-0.1, -0.05) is 35.1 Å². The van der Waals surface area contributed by atoms with Gasteiger partial charge in [-0.05, 0) is 68.0 Å². The normalized spacial score (nSPS) is 19.4. The van der Waals surface area contributed by atoms with Crippen molar-refractivity contribution in [1.82, 2.24) is 14.8 Å². The van der Waals surface area contributed by atoms with Gasteiger partial charge < -0.3 is 43.7 Å². The van der Waals surface area contributed by atoms with Crippen molar-refractivity contribution in [3.8, 4) is 23.0 Å². The van der Waals surface area contributed by atoms with Crippen LogP contribution in [0, 0.1) is 10.1 Å². The molecular weight excluding hydrogens is 889 g/mol. The number of nitrogens with zero attached hydrogens (tertiary/aromatic N) is 6. The van der Waals surface area contributed by atoms with E-state index in [4.69, 9.17) is 23.7 Å². The zero-order valence-corrected chi connectivity index (χ0v) is 37.3. The first-order valence-corrected chi connectivity index (χ1v) is 22.6. The molecule has 0 spiro atoms. The van der Waals surface area contributed by atoms with Crippen LogP contribution < -0.4 is 28.7 Å². The first-order chi connectivity index (χ1) is 31.1. The molecule has 22 heteroatoms. The largest absolute Gasteiger partial charge is 0.493 e. The van der Waals surface area contributed by atoms with Crippen molar-refractivity contribution in [2.45, 2.75) is 67.6 Å². The summed E-state index contributed by atoms with van der Waals surface area (Å²) in [5, 5.41) is 33.0. The molecule has 20 nitrogen and oxygen atoms in total. The van der Waals surface area contributed by atoms with Crippen LogP contribution in [0.25, 0.3) is 0 Å². The van der Waals surface area contributed by atoms with Gasteiger partial charge in [-0.25, -0.2) is 24.4 Å². The Hall–Kier alpha value is -6.52. The highest BCUT2D eigenvalue weighted by molar-refractivity contribution is 8.76. The monoisotopic (exact) mass is 934 g/mol. The van der Waals surface area contributed by atoms with Crippen LogP contribution in [0.2, 0.25) is 0 Å². The molecule has 344 valence electrons. The molecule has 7 rings (SSSR count). The number of carbonyl (C=O) groups is 5. The van der Waals surface area contributed by atoms with Gasteiger partial charge in [-0.2, -0.15) is 0 Å². The van der Waals surface area contributed by atoms with E-state index in [0.29, 0.717) is 40.3 Å². The lowest BCUT2D eigenvalue weighted by molar-refractivity contribution is -0.385. The topological polar surface area (TPSA) is 241 Å². The number of amides is 5. The maximum absolute atomic E-state index is 14.0. The Morgan fingerprint density at radius 3 is 2.09 bits per heavy atom. The molecule has 2 fully saturated rings. The number of aliphatic hydroxyl groups is 1. The van der Waals surface area contributed by atoms with Crippen molar-refractivity contribution >= 4 is 68.6 Å².